The van der Waals surface area contributed by atoms with E-state index in [1.165, 1.54) is 0 Å². The van der Waals surface area contributed by atoms with Gasteiger partial charge in [0, 0.05) is 23.9 Å². The molecular formula is C16H30ClNO2. The number of halogens is 1. The number of rotatable bonds is 3. The van der Waals surface area contributed by atoms with E-state index in [2.05, 4.69) is 27.7 Å². The second-order valence-electron chi connectivity index (χ2n) is 8.34. The first-order valence-corrected chi connectivity index (χ1v) is 7.79. The molecule has 0 saturated carbocycles. The molecule has 4 heteroatoms. The van der Waals surface area contributed by atoms with Crippen molar-refractivity contribution in [2.24, 2.45) is 5.41 Å². The summed E-state index contributed by atoms with van der Waals surface area (Å²) < 4.78 is 7.81. The van der Waals surface area contributed by atoms with Crippen LogP contribution in [-0.4, -0.2) is 27.1 Å². The molecule has 1 heterocycles. The van der Waals surface area contributed by atoms with E-state index in [0.29, 0.717) is 0 Å². The second kappa shape index (κ2) is 5.17. The van der Waals surface area contributed by atoms with Gasteiger partial charge in [-0.3, -0.25) is 4.79 Å². The Morgan fingerprint density at radius 2 is 1.55 bits per heavy atom. The molecule has 1 aliphatic heterocycles. The van der Waals surface area contributed by atoms with E-state index < -0.39 is 11.0 Å². The molecule has 118 valence electrons. The third-order valence-corrected chi connectivity index (χ3v) is 5.37. The molecule has 0 N–H and O–H groups in total. The topological polar surface area (TPSA) is 29.5 Å². The van der Waals surface area contributed by atoms with Crippen molar-refractivity contribution in [3.8, 4) is 0 Å². The fourth-order valence-electron chi connectivity index (χ4n) is 3.43. The number of carbonyl (C=O) groups is 1. The Labute approximate surface area is 129 Å². The van der Waals surface area contributed by atoms with Crippen molar-refractivity contribution in [2.45, 2.75) is 91.3 Å². The average Bonchev–Trinajstić information content (AvgIpc) is 2.24. The Morgan fingerprint density at radius 1 is 1.15 bits per heavy atom. The van der Waals surface area contributed by atoms with E-state index in [1.54, 1.807) is 0 Å². The minimum atomic E-state index is -0.470. The van der Waals surface area contributed by atoms with Gasteiger partial charge in [-0.25, -0.2) is 4.42 Å². The lowest BCUT2D eigenvalue weighted by atomic mass is 9.73. The molecule has 0 radical (unpaired) electrons. The van der Waals surface area contributed by atoms with Gasteiger partial charge in [-0.2, -0.15) is 0 Å². The molecule has 0 aromatic rings. The Morgan fingerprint density at radius 3 is 1.90 bits per heavy atom. The molecule has 1 saturated heterocycles. The van der Waals surface area contributed by atoms with Crippen molar-refractivity contribution in [3.05, 3.63) is 0 Å². The molecule has 1 rings (SSSR count). The maximum absolute atomic E-state index is 12.4. The van der Waals surface area contributed by atoms with Gasteiger partial charge in [0.15, 0.2) is 0 Å². The predicted molar refractivity (Wildman–Crippen MR) is 83.7 cm³/mol. The summed E-state index contributed by atoms with van der Waals surface area (Å²) in [5, 5.41) is 0. The third-order valence-electron chi connectivity index (χ3n) is 4.45. The summed E-state index contributed by atoms with van der Waals surface area (Å²) in [6.07, 6.45) is 2.24. The van der Waals surface area contributed by atoms with Crippen molar-refractivity contribution in [3.63, 3.8) is 0 Å². The van der Waals surface area contributed by atoms with Crippen molar-refractivity contribution >= 4 is 17.7 Å². The summed E-state index contributed by atoms with van der Waals surface area (Å²) >= 11 is 6.47. The Hall–Kier alpha value is -0.280. The van der Waals surface area contributed by atoms with E-state index in [0.717, 1.165) is 19.3 Å². The molecule has 3 nitrogen and oxygen atoms in total. The monoisotopic (exact) mass is 303 g/mol. The highest BCUT2D eigenvalue weighted by Gasteiger charge is 2.52. The maximum Gasteiger partial charge on any atom is 0.312 e. The maximum atomic E-state index is 12.4. The Bertz CT molecular complexity index is 370. The number of piperidine rings is 1. The summed E-state index contributed by atoms with van der Waals surface area (Å²) in [6.45, 7) is 16.3. The number of carbonyl (C=O) groups excluding carboxylic acids is 1. The lowest BCUT2D eigenvalue weighted by molar-refractivity contribution is -0.183. The molecule has 0 aromatic heterocycles. The summed E-state index contributed by atoms with van der Waals surface area (Å²) in [4.78, 5) is 12.4. The number of ether oxygens (including phenoxy) is 1. The SMILES string of the molecule is CCC(C)(C)C(=O)OC1(C)CC(C)(C)N(Cl)C(C)(C)C1. The molecular weight excluding hydrogens is 274 g/mol. The highest BCUT2D eigenvalue weighted by atomic mass is 35.5. The van der Waals surface area contributed by atoms with Gasteiger partial charge in [0.05, 0.1) is 5.41 Å². The number of esters is 1. The van der Waals surface area contributed by atoms with Gasteiger partial charge in [0.1, 0.15) is 5.60 Å². The lowest BCUT2D eigenvalue weighted by Gasteiger charge is -2.55. The van der Waals surface area contributed by atoms with E-state index in [4.69, 9.17) is 16.5 Å². The van der Waals surface area contributed by atoms with Crippen LogP contribution in [0.25, 0.3) is 0 Å². The second-order valence-corrected chi connectivity index (χ2v) is 8.67. The summed E-state index contributed by atoms with van der Waals surface area (Å²) in [6, 6.07) is 0. The molecule has 0 aliphatic carbocycles. The van der Waals surface area contributed by atoms with Crippen LogP contribution in [0.3, 0.4) is 0 Å². The zero-order valence-corrected chi connectivity index (χ0v) is 15.0. The summed E-state index contributed by atoms with van der Waals surface area (Å²) in [5.41, 5.74) is -1.33. The van der Waals surface area contributed by atoms with E-state index in [1.807, 2.05) is 32.1 Å². The quantitative estimate of drug-likeness (QED) is 0.566. The molecule has 0 unspecified atom stereocenters. The van der Waals surface area contributed by atoms with Gasteiger partial charge < -0.3 is 4.74 Å². The van der Waals surface area contributed by atoms with Crippen LogP contribution in [0.2, 0.25) is 0 Å². The fourth-order valence-corrected chi connectivity index (χ4v) is 3.55. The van der Waals surface area contributed by atoms with Crippen molar-refractivity contribution in [2.75, 3.05) is 0 Å². The molecule has 20 heavy (non-hydrogen) atoms. The lowest BCUT2D eigenvalue weighted by Crippen LogP contribution is -2.62. The minimum absolute atomic E-state index is 0.114. The summed E-state index contributed by atoms with van der Waals surface area (Å²) in [5.74, 6) is -0.114. The van der Waals surface area contributed by atoms with Gasteiger partial charge in [-0.1, -0.05) is 6.92 Å². The largest absolute Gasteiger partial charge is 0.459 e. The van der Waals surface area contributed by atoms with E-state index in [9.17, 15) is 4.79 Å². The van der Waals surface area contributed by atoms with Crippen LogP contribution >= 0.6 is 11.8 Å². The third kappa shape index (κ3) is 3.48. The van der Waals surface area contributed by atoms with Gasteiger partial charge in [0.2, 0.25) is 0 Å². The predicted octanol–water partition coefficient (Wildman–Crippen LogP) is 4.53. The first kappa shape index (κ1) is 17.8. The standard InChI is InChI=1S/C16H30ClNO2/c1-9-13(2,3)12(19)20-16(8)10-14(4,5)18(17)15(6,7)11-16/h9-11H2,1-8H3. The molecule has 1 aliphatic rings. The summed E-state index contributed by atoms with van der Waals surface area (Å²) in [7, 11) is 0. The van der Waals surface area contributed by atoms with Gasteiger partial charge in [-0.05, 0) is 66.7 Å². The number of hydrogen-bond donors (Lipinski definition) is 0. The van der Waals surface area contributed by atoms with Crippen LogP contribution in [0, 0.1) is 5.41 Å². The smallest absolute Gasteiger partial charge is 0.312 e. The average molecular weight is 304 g/mol. The zero-order chi connectivity index (χ0) is 16.0. The molecule has 0 aromatic carbocycles. The Kier molecular flexibility index (Phi) is 4.59. The molecule has 0 bridgehead atoms. The van der Waals surface area contributed by atoms with Crippen LogP contribution in [0.1, 0.15) is 74.7 Å². The van der Waals surface area contributed by atoms with E-state index in [-0.39, 0.29) is 17.0 Å². The normalized spacial score (nSPS) is 25.2. The van der Waals surface area contributed by atoms with Crippen LogP contribution in [0.15, 0.2) is 0 Å². The van der Waals surface area contributed by atoms with Crippen LogP contribution in [-0.2, 0) is 9.53 Å². The van der Waals surface area contributed by atoms with Crippen molar-refractivity contribution in [1.82, 2.24) is 4.42 Å². The molecule has 1 fully saturated rings. The van der Waals surface area contributed by atoms with Crippen LogP contribution in [0.4, 0.5) is 0 Å². The van der Waals surface area contributed by atoms with Crippen molar-refractivity contribution < 1.29 is 9.53 Å². The van der Waals surface area contributed by atoms with Crippen LogP contribution in [0.5, 0.6) is 0 Å². The highest BCUT2D eigenvalue weighted by Crippen LogP contribution is 2.46. The number of nitrogens with zero attached hydrogens (tertiary/aromatic N) is 1. The number of hydrogen-bond acceptors (Lipinski definition) is 3. The van der Waals surface area contributed by atoms with Gasteiger partial charge in [-0.15, -0.1) is 0 Å². The van der Waals surface area contributed by atoms with Gasteiger partial charge in [0.25, 0.3) is 0 Å². The fraction of sp³-hybridized carbons (Fsp3) is 0.938. The highest BCUT2D eigenvalue weighted by molar-refractivity contribution is 6.14. The first-order valence-electron chi connectivity index (χ1n) is 7.45. The van der Waals surface area contributed by atoms with E-state index >= 15 is 0 Å². The first-order chi connectivity index (χ1) is 8.76. The van der Waals surface area contributed by atoms with Crippen molar-refractivity contribution in [1.29, 1.82) is 0 Å². The molecule has 0 atom stereocenters. The van der Waals surface area contributed by atoms with Crippen LogP contribution < -0.4 is 0 Å². The molecule has 0 amide bonds. The van der Waals surface area contributed by atoms with Gasteiger partial charge >= 0.3 is 5.97 Å². The Balaban J connectivity index is 2.97. The zero-order valence-electron chi connectivity index (χ0n) is 14.3. The minimum Gasteiger partial charge on any atom is -0.459 e. The molecule has 0 spiro atoms.